The average molecular weight is 243 g/mol. The van der Waals surface area contributed by atoms with Gasteiger partial charge in [0.15, 0.2) is 0 Å². The number of ether oxygens (including phenoxy) is 2. The fourth-order valence-electron chi connectivity index (χ4n) is 0.758. The summed E-state index contributed by atoms with van der Waals surface area (Å²) in [5.74, 6) is 0. The topological polar surface area (TPSA) is 105 Å². The summed E-state index contributed by atoms with van der Waals surface area (Å²) in [6, 6.07) is 0. The van der Waals surface area contributed by atoms with Crippen molar-refractivity contribution < 1.29 is 33.7 Å². The van der Waals surface area contributed by atoms with Crippen LogP contribution in [0.15, 0.2) is 0 Å². The Morgan fingerprint density at radius 2 is 2.00 bits per heavy atom. The van der Waals surface area contributed by atoms with E-state index in [2.05, 4.69) is 14.8 Å². The van der Waals surface area contributed by atoms with Gasteiger partial charge in [-0.25, -0.2) is 0 Å². The van der Waals surface area contributed by atoms with Gasteiger partial charge in [-0.2, -0.15) is 0 Å². The fraction of sp³-hybridized carbons (Fsp3) is 1.00. The molecule has 0 rings (SSSR count). The molecule has 0 aliphatic heterocycles. The van der Waals surface area contributed by atoms with Crippen molar-refractivity contribution in [3.05, 3.63) is 0 Å². The SMILES string of the molecule is COCC(COP(=O)([O-])OCC[NH3+])OC. The lowest BCUT2D eigenvalue weighted by Gasteiger charge is -2.24. The van der Waals surface area contributed by atoms with Gasteiger partial charge in [0, 0.05) is 14.2 Å². The van der Waals surface area contributed by atoms with Crippen molar-refractivity contribution in [2.24, 2.45) is 0 Å². The third-order valence-electron chi connectivity index (χ3n) is 1.50. The lowest BCUT2D eigenvalue weighted by atomic mass is 10.4. The summed E-state index contributed by atoms with van der Waals surface area (Å²) in [4.78, 5) is 11.1. The van der Waals surface area contributed by atoms with Crippen molar-refractivity contribution in [2.75, 3.05) is 40.6 Å². The second-order valence-electron chi connectivity index (χ2n) is 2.74. The van der Waals surface area contributed by atoms with E-state index < -0.39 is 13.9 Å². The molecule has 0 saturated heterocycles. The third-order valence-corrected chi connectivity index (χ3v) is 2.46. The van der Waals surface area contributed by atoms with Crippen LogP contribution < -0.4 is 10.6 Å². The Morgan fingerprint density at radius 1 is 1.33 bits per heavy atom. The van der Waals surface area contributed by atoms with Crippen LogP contribution in [0.1, 0.15) is 0 Å². The molecule has 0 aromatic carbocycles. The van der Waals surface area contributed by atoms with Crippen LogP contribution in [0.3, 0.4) is 0 Å². The van der Waals surface area contributed by atoms with E-state index in [1.165, 1.54) is 14.2 Å². The number of hydrogen-bond donors (Lipinski definition) is 1. The van der Waals surface area contributed by atoms with E-state index >= 15 is 0 Å². The number of hydrogen-bond acceptors (Lipinski definition) is 6. The molecule has 0 radical (unpaired) electrons. The van der Waals surface area contributed by atoms with Gasteiger partial charge < -0.3 is 29.1 Å². The van der Waals surface area contributed by atoms with Crippen LogP contribution in [0.5, 0.6) is 0 Å². The minimum Gasteiger partial charge on any atom is -0.756 e. The van der Waals surface area contributed by atoms with Crippen LogP contribution in [-0.2, 0) is 23.1 Å². The standard InChI is InChI=1S/C7H18NO6P/c1-11-5-7(12-2)6-14-15(9,10)13-4-3-8/h7H,3-6,8H2,1-2H3,(H,9,10). The molecule has 92 valence electrons. The van der Waals surface area contributed by atoms with E-state index in [0.717, 1.165) is 0 Å². The van der Waals surface area contributed by atoms with Crippen molar-refractivity contribution in [2.45, 2.75) is 6.10 Å². The quantitative estimate of drug-likeness (QED) is 0.488. The minimum atomic E-state index is -4.23. The molecule has 2 unspecified atom stereocenters. The molecule has 0 aromatic heterocycles. The number of methoxy groups -OCH3 is 2. The van der Waals surface area contributed by atoms with Crippen molar-refractivity contribution in [1.29, 1.82) is 0 Å². The molecule has 0 saturated carbocycles. The lowest BCUT2D eigenvalue weighted by Crippen LogP contribution is -2.52. The summed E-state index contributed by atoms with van der Waals surface area (Å²) >= 11 is 0. The van der Waals surface area contributed by atoms with Gasteiger partial charge in [0.05, 0.1) is 19.8 Å². The minimum absolute atomic E-state index is 0.0166. The molecule has 3 N–H and O–H groups in total. The highest BCUT2D eigenvalue weighted by atomic mass is 31.2. The summed E-state index contributed by atoms with van der Waals surface area (Å²) in [7, 11) is -1.29. The van der Waals surface area contributed by atoms with Crippen molar-refractivity contribution in [3.8, 4) is 0 Å². The molecule has 0 heterocycles. The van der Waals surface area contributed by atoms with Gasteiger partial charge in [0.1, 0.15) is 12.7 Å². The first-order valence-corrected chi connectivity index (χ1v) is 5.93. The van der Waals surface area contributed by atoms with Gasteiger partial charge >= 0.3 is 0 Å². The summed E-state index contributed by atoms with van der Waals surface area (Å²) in [5, 5.41) is 0. The summed E-state index contributed by atoms with van der Waals surface area (Å²) < 4.78 is 29.8. The lowest BCUT2D eigenvalue weighted by molar-refractivity contribution is -0.373. The maximum atomic E-state index is 11.1. The molecular weight excluding hydrogens is 225 g/mol. The van der Waals surface area contributed by atoms with Crippen molar-refractivity contribution >= 4 is 7.82 Å². The maximum Gasteiger partial charge on any atom is 0.268 e. The molecule has 8 heteroatoms. The maximum absolute atomic E-state index is 11.1. The predicted octanol–water partition coefficient (Wildman–Crippen LogP) is -1.61. The monoisotopic (exact) mass is 243 g/mol. The fourth-order valence-corrected chi connectivity index (χ4v) is 1.53. The van der Waals surface area contributed by atoms with E-state index in [1.807, 2.05) is 0 Å². The predicted molar refractivity (Wildman–Crippen MR) is 49.9 cm³/mol. The van der Waals surface area contributed by atoms with E-state index in [9.17, 15) is 9.46 Å². The molecule has 7 nitrogen and oxygen atoms in total. The van der Waals surface area contributed by atoms with Gasteiger partial charge in [-0.1, -0.05) is 0 Å². The van der Waals surface area contributed by atoms with Crippen LogP contribution in [0, 0.1) is 0 Å². The van der Waals surface area contributed by atoms with Gasteiger partial charge in [-0.05, 0) is 0 Å². The van der Waals surface area contributed by atoms with Crippen LogP contribution in [-0.4, -0.2) is 46.7 Å². The van der Waals surface area contributed by atoms with E-state index in [-0.39, 0.29) is 19.8 Å². The van der Waals surface area contributed by atoms with Gasteiger partial charge in [0.25, 0.3) is 7.82 Å². The van der Waals surface area contributed by atoms with Crippen LogP contribution in [0.4, 0.5) is 0 Å². The Kier molecular flexibility index (Phi) is 8.17. The Bertz CT molecular complexity index is 202. The Labute approximate surface area is 89.1 Å². The second-order valence-corrected chi connectivity index (χ2v) is 4.15. The largest absolute Gasteiger partial charge is 0.756 e. The molecule has 0 amide bonds. The molecule has 2 atom stereocenters. The Morgan fingerprint density at radius 3 is 2.47 bits per heavy atom. The zero-order chi connectivity index (χ0) is 11.7. The van der Waals surface area contributed by atoms with Gasteiger partial charge in [0.2, 0.25) is 0 Å². The number of phosphoric ester groups is 1. The first-order chi connectivity index (χ1) is 7.05. The van der Waals surface area contributed by atoms with E-state index in [4.69, 9.17) is 9.47 Å². The van der Waals surface area contributed by atoms with Gasteiger partial charge in [-0.15, -0.1) is 0 Å². The molecule has 0 aromatic rings. The number of phosphoric acid groups is 1. The smallest absolute Gasteiger partial charge is 0.268 e. The molecule has 0 aliphatic carbocycles. The summed E-state index contributed by atoms with van der Waals surface area (Å²) in [6.07, 6.45) is -0.430. The second kappa shape index (κ2) is 8.18. The normalized spacial score (nSPS) is 17.3. The number of rotatable bonds is 9. The van der Waals surface area contributed by atoms with Crippen LogP contribution in [0.25, 0.3) is 0 Å². The van der Waals surface area contributed by atoms with Crippen molar-refractivity contribution in [3.63, 3.8) is 0 Å². The molecule has 0 spiro atoms. The molecular formula is C7H18NO6P. The summed E-state index contributed by atoms with van der Waals surface area (Å²) in [6.45, 7) is 0.512. The van der Waals surface area contributed by atoms with Crippen molar-refractivity contribution in [1.82, 2.24) is 0 Å². The Hall–Kier alpha value is -0.0100. The van der Waals surface area contributed by atoms with Crippen LogP contribution in [0.2, 0.25) is 0 Å². The first kappa shape index (κ1) is 15.0. The Balaban J connectivity index is 3.84. The highest BCUT2D eigenvalue weighted by molar-refractivity contribution is 7.45. The average Bonchev–Trinajstić information content (AvgIpc) is 2.21. The molecule has 0 aliphatic rings. The molecule has 15 heavy (non-hydrogen) atoms. The van der Waals surface area contributed by atoms with E-state index in [0.29, 0.717) is 6.54 Å². The highest BCUT2D eigenvalue weighted by Gasteiger charge is 2.14. The first-order valence-electron chi connectivity index (χ1n) is 4.47. The molecule has 0 fully saturated rings. The zero-order valence-corrected chi connectivity index (χ0v) is 9.90. The third kappa shape index (κ3) is 7.87. The summed E-state index contributed by atoms with van der Waals surface area (Å²) in [5.41, 5.74) is 3.44. The molecule has 0 bridgehead atoms. The highest BCUT2D eigenvalue weighted by Crippen LogP contribution is 2.37. The van der Waals surface area contributed by atoms with Gasteiger partial charge in [-0.3, -0.25) is 4.57 Å². The zero-order valence-electron chi connectivity index (χ0n) is 9.01. The van der Waals surface area contributed by atoms with Crippen LogP contribution >= 0.6 is 7.82 Å². The van der Waals surface area contributed by atoms with E-state index in [1.54, 1.807) is 0 Å². The number of quaternary nitrogens is 1.